The van der Waals surface area contributed by atoms with Crippen molar-refractivity contribution < 1.29 is 19.8 Å². The smallest absolute Gasteiger partial charge is 0.220 e. The van der Waals surface area contributed by atoms with E-state index in [1.807, 2.05) is 12.1 Å². The van der Waals surface area contributed by atoms with Crippen LogP contribution < -0.4 is 5.32 Å². The van der Waals surface area contributed by atoms with Crippen LogP contribution in [0.1, 0.15) is 96.4 Å². The Bertz CT molecular complexity index is 1030. The molecule has 0 aromatic carbocycles. The van der Waals surface area contributed by atoms with Crippen molar-refractivity contribution in [1.82, 2.24) is 5.32 Å². The molecule has 1 amide bonds. The van der Waals surface area contributed by atoms with Crippen molar-refractivity contribution in [2.75, 3.05) is 0 Å². The average Bonchev–Trinajstić information content (AvgIpc) is 3.44. The van der Waals surface area contributed by atoms with Gasteiger partial charge in [0.15, 0.2) is 0 Å². The van der Waals surface area contributed by atoms with Crippen molar-refractivity contribution in [2.24, 2.45) is 46.3 Å². The first-order valence-electron chi connectivity index (χ1n) is 14.4. The van der Waals surface area contributed by atoms with Crippen LogP contribution in [0.2, 0.25) is 4.34 Å². The van der Waals surface area contributed by atoms with Gasteiger partial charge in [-0.2, -0.15) is 0 Å². The highest BCUT2D eigenvalue weighted by Gasteiger charge is 2.65. The molecule has 1 aromatic heterocycles. The van der Waals surface area contributed by atoms with Gasteiger partial charge in [0.1, 0.15) is 5.78 Å². The molecule has 3 N–H and O–H groups in total. The van der Waals surface area contributed by atoms with Crippen LogP contribution in [-0.4, -0.2) is 34.1 Å². The highest BCUT2D eigenvalue weighted by atomic mass is 35.5. The third-order valence-corrected chi connectivity index (χ3v) is 12.9. The molecule has 4 aliphatic rings. The van der Waals surface area contributed by atoms with Gasteiger partial charge in [0, 0.05) is 24.1 Å². The number of fused-ring (bicyclic) bond motifs is 5. The summed E-state index contributed by atoms with van der Waals surface area (Å²) < 4.78 is 0.742. The number of amides is 1. The van der Waals surface area contributed by atoms with E-state index in [0.717, 1.165) is 47.7 Å². The number of aliphatic hydroxyl groups excluding tert-OH is 2. The minimum atomic E-state index is -0.822. The third kappa shape index (κ3) is 4.62. The number of rotatable bonds is 6. The molecule has 0 saturated heterocycles. The molecule has 7 heteroatoms. The van der Waals surface area contributed by atoms with Crippen LogP contribution in [0.4, 0.5) is 0 Å². The Morgan fingerprint density at radius 2 is 1.84 bits per heavy atom. The van der Waals surface area contributed by atoms with E-state index in [0.29, 0.717) is 37.0 Å². The summed E-state index contributed by atoms with van der Waals surface area (Å²) in [5.74, 6) is 1.64. The topological polar surface area (TPSA) is 86.6 Å². The second-order valence-corrected chi connectivity index (χ2v) is 15.0. The molecule has 5 rings (SSSR count). The number of carbonyl (C=O) groups is 2. The molecule has 0 radical (unpaired) electrons. The zero-order chi connectivity index (χ0) is 26.7. The number of ketones is 1. The Morgan fingerprint density at radius 3 is 2.51 bits per heavy atom. The van der Waals surface area contributed by atoms with Crippen LogP contribution in [0.5, 0.6) is 0 Å². The Balaban J connectivity index is 1.29. The summed E-state index contributed by atoms with van der Waals surface area (Å²) in [6.07, 6.45) is 5.83. The number of halogens is 1. The highest BCUT2D eigenvalue weighted by Crippen LogP contribution is 2.68. The van der Waals surface area contributed by atoms with Crippen LogP contribution in [-0.2, 0) is 9.59 Å². The normalized spacial score (nSPS) is 42.9. The summed E-state index contributed by atoms with van der Waals surface area (Å²) >= 11 is 7.65. The molecule has 0 aliphatic heterocycles. The molecule has 0 bridgehead atoms. The van der Waals surface area contributed by atoms with Crippen molar-refractivity contribution in [3.8, 4) is 0 Å². The van der Waals surface area contributed by atoms with Gasteiger partial charge in [-0.05, 0) is 97.0 Å². The van der Waals surface area contributed by atoms with Crippen LogP contribution in [0.25, 0.3) is 0 Å². The van der Waals surface area contributed by atoms with Gasteiger partial charge >= 0.3 is 0 Å². The summed E-state index contributed by atoms with van der Waals surface area (Å²) in [5, 5.41) is 25.9. The lowest BCUT2D eigenvalue weighted by Crippen LogP contribution is -2.64. The van der Waals surface area contributed by atoms with E-state index in [4.69, 9.17) is 11.6 Å². The van der Waals surface area contributed by atoms with Crippen LogP contribution in [0.3, 0.4) is 0 Å². The first kappa shape index (κ1) is 27.6. The maximum absolute atomic E-state index is 13.1. The number of aliphatic hydroxyl groups is 2. The number of Topliss-reactive ketones (excluding diaryl/α,β-unsaturated/α-hetero) is 1. The number of nitrogens with one attached hydrogen (secondary N) is 1. The quantitative estimate of drug-likeness (QED) is 0.396. The van der Waals surface area contributed by atoms with E-state index in [-0.39, 0.29) is 46.3 Å². The Hall–Kier alpha value is -0.950. The molecular weight excluding hydrogens is 506 g/mol. The van der Waals surface area contributed by atoms with Gasteiger partial charge in [-0.25, -0.2) is 0 Å². The maximum atomic E-state index is 13.1. The monoisotopic (exact) mass is 549 g/mol. The Morgan fingerprint density at radius 1 is 1.11 bits per heavy atom. The van der Waals surface area contributed by atoms with Crippen molar-refractivity contribution >= 4 is 34.6 Å². The van der Waals surface area contributed by atoms with Gasteiger partial charge in [-0.15, -0.1) is 11.3 Å². The lowest BCUT2D eigenvalue weighted by atomic mass is 9.43. The van der Waals surface area contributed by atoms with E-state index in [2.05, 4.69) is 33.0 Å². The molecule has 1 aromatic rings. The molecule has 206 valence electrons. The van der Waals surface area contributed by atoms with Crippen molar-refractivity contribution in [3.05, 3.63) is 21.3 Å². The molecule has 5 nitrogen and oxygen atoms in total. The van der Waals surface area contributed by atoms with Crippen LogP contribution in [0.15, 0.2) is 12.1 Å². The van der Waals surface area contributed by atoms with Gasteiger partial charge in [-0.1, -0.05) is 39.3 Å². The number of hydrogen-bond donors (Lipinski definition) is 3. The lowest BCUT2D eigenvalue weighted by molar-refractivity contribution is -0.214. The van der Waals surface area contributed by atoms with Gasteiger partial charge in [0.05, 0.1) is 22.6 Å². The van der Waals surface area contributed by atoms with Gasteiger partial charge in [0.25, 0.3) is 0 Å². The van der Waals surface area contributed by atoms with Crippen LogP contribution in [0, 0.1) is 46.3 Å². The molecule has 1 heterocycles. The Labute approximate surface area is 230 Å². The molecule has 0 spiro atoms. The first-order valence-corrected chi connectivity index (χ1v) is 15.6. The third-order valence-electron chi connectivity index (χ3n) is 11.5. The van der Waals surface area contributed by atoms with Crippen molar-refractivity contribution in [1.29, 1.82) is 0 Å². The summed E-state index contributed by atoms with van der Waals surface area (Å²) in [5.41, 5.74) is -0.0251. The average molecular weight is 550 g/mol. The molecular formula is C30H44ClNO4S. The SMILES string of the molecule is CC[C@@H](NC(=O)C[C@@H](C)C1CC[C@H]2[C@@H]3[C@H](O)[C@H](O)[C@@H]4CC(=O)CC[C@]4(C)[C@H]3CC[C@]12C)c1ccc(Cl)s1. The summed E-state index contributed by atoms with van der Waals surface area (Å²) in [7, 11) is 0. The van der Waals surface area contributed by atoms with E-state index < -0.39 is 12.2 Å². The predicted octanol–water partition coefficient (Wildman–Crippen LogP) is 6.16. The molecule has 4 aliphatic carbocycles. The first-order chi connectivity index (χ1) is 17.5. The summed E-state index contributed by atoms with van der Waals surface area (Å²) in [6, 6.07) is 3.89. The maximum Gasteiger partial charge on any atom is 0.220 e. The highest BCUT2D eigenvalue weighted by molar-refractivity contribution is 7.16. The standard InChI is InChI=1S/C30H44ClNO4S/c1-5-22(23-8-9-24(31)37-23)32-25(34)14-16(2)18-6-7-19-26-20(11-13-29(18,19)3)30(4)12-10-17(33)15-21(30)27(35)28(26)36/h8-9,16,18-22,26-28,35-36H,5-7,10-15H2,1-4H3,(H,32,34)/t16-,18?,19+,20+,21+,22-,26+,27-,28+,29-,30-/m1/s1. The number of carbonyl (C=O) groups excluding carboxylic acids is 2. The second-order valence-electron chi connectivity index (χ2n) is 13.2. The fourth-order valence-electron chi connectivity index (χ4n) is 9.61. The predicted molar refractivity (Wildman–Crippen MR) is 147 cm³/mol. The zero-order valence-electron chi connectivity index (χ0n) is 22.7. The largest absolute Gasteiger partial charge is 0.390 e. The van der Waals surface area contributed by atoms with Gasteiger partial charge in [0.2, 0.25) is 5.91 Å². The second kappa shape index (κ2) is 10.2. The molecule has 4 fully saturated rings. The van der Waals surface area contributed by atoms with Crippen molar-refractivity contribution in [2.45, 2.75) is 104 Å². The van der Waals surface area contributed by atoms with E-state index in [1.165, 1.54) is 11.3 Å². The van der Waals surface area contributed by atoms with Gasteiger partial charge < -0.3 is 15.5 Å². The number of hydrogen-bond acceptors (Lipinski definition) is 5. The van der Waals surface area contributed by atoms with Gasteiger partial charge in [-0.3, -0.25) is 9.59 Å². The molecule has 1 unspecified atom stereocenters. The fourth-order valence-corrected chi connectivity index (χ4v) is 10.8. The van der Waals surface area contributed by atoms with E-state index >= 15 is 0 Å². The molecule has 37 heavy (non-hydrogen) atoms. The van der Waals surface area contributed by atoms with Crippen molar-refractivity contribution in [3.63, 3.8) is 0 Å². The minimum absolute atomic E-state index is 0.00510. The summed E-state index contributed by atoms with van der Waals surface area (Å²) in [4.78, 5) is 26.5. The van der Waals surface area contributed by atoms with E-state index in [9.17, 15) is 19.8 Å². The van der Waals surface area contributed by atoms with E-state index in [1.54, 1.807) is 0 Å². The lowest BCUT2D eigenvalue weighted by Gasteiger charge is -2.63. The van der Waals surface area contributed by atoms with Crippen LogP contribution >= 0.6 is 22.9 Å². The Kier molecular flexibility index (Phi) is 7.63. The fraction of sp³-hybridized carbons (Fsp3) is 0.800. The number of thiophene rings is 1. The minimum Gasteiger partial charge on any atom is -0.390 e. The zero-order valence-corrected chi connectivity index (χ0v) is 24.3. The molecule has 4 saturated carbocycles. The molecule has 11 atom stereocenters. The summed E-state index contributed by atoms with van der Waals surface area (Å²) in [6.45, 7) is 8.98.